The van der Waals surface area contributed by atoms with Gasteiger partial charge in [0.05, 0.1) is 0 Å². The topological polar surface area (TPSA) is 40.1 Å². The van der Waals surface area contributed by atoms with E-state index in [1.54, 1.807) is 0 Å². The third kappa shape index (κ3) is 3.18. The fourth-order valence-corrected chi connectivity index (χ4v) is 1.91. The molecule has 0 aromatic heterocycles. The van der Waals surface area contributed by atoms with Crippen LogP contribution in [-0.2, 0) is 4.79 Å². The van der Waals surface area contributed by atoms with Gasteiger partial charge in [-0.2, -0.15) is 35.1 Å². The Balaban J connectivity index is 6.55. The van der Waals surface area contributed by atoms with E-state index >= 15 is 0 Å². The number of hydrogen-bond donors (Lipinski definition) is 0. The summed E-state index contributed by atoms with van der Waals surface area (Å²) in [6.45, 7) is 0. The molecule has 3 unspecified atom stereocenters. The Morgan fingerprint density at radius 1 is 0.600 bits per heavy atom. The van der Waals surface area contributed by atoms with Crippen molar-refractivity contribution in [1.29, 1.82) is 0 Å². The Labute approximate surface area is 149 Å². The molecule has 0 saturated carbocycles. The molecule has 0 aliphatic heterocycles. The van der Waals surface area contributed by atoms with Gasteiger partial charge in [0.25, 0.3) is 0 Å². The number of aliphatic carboxylic acids is 1. The van der Waals surface area contributed by atoms with Crippen LogP contribution >= 0.6 is 46.4 Å². The number of carboxylic acid groups (broad SMARTS) is 1. The lowest BCUT2D eigenvalue weighted by Crippen LogP contribution is -2.73. The molecule has 0 fully saturated rings. The fraction of sp³-hybridized carbons (Fsp3) is 0.875. The molecule has 0 bridgehead atoms. The minimum absolute atomic E-state index is 3.75. The average molecular weight is 479 g/mol. The van der Waals surface area contributed by atoms with Gasteiger partial charge in [0.1, 0.15) is 5.97 Å². The molecule has 0 aromatic rings. The van der Waals surface area contributed by atoms with E-state index in [1.165, 1.54) is 0 Å². The van der Waals surface area contributed by atoms with Crippen LogP contribution < -0.4 is 5.11 Å². The second kappa shape index (κ2) is 6.20. The quantitative estimate of drug-likeness (QED) is 0.407. The highest BCUT2D eigenvalue weighted by molar-refractivity contribution is 6.34. The van der Waals surface area contributed by atoms with Crippen molar-refractivity contribution in [3.8, 4) is 0 Å². The minimum Gasteiger partial charge on any atom is -0.544 e. The summed E-state index contributed by atoms with van der Waals surface area (Å²) in [5, 5.41) is -16.0. The van der Waals surface area contributed by atoms with Crippen LogP contribution in [0.15, 0.2) is 0 Å². The summed E-state index contributed by atoms with van der Waals surface area (Å²) < 4.78 is 145. The van der Waals surface area contributed by atoms with Crippen LogP contribution in [0.3, 0.4) is 0 Å². The van der Waals surface area contributed by atoms with Crippen molar-refractivity contribution in [3.63, 3.8) is 0 Å². The molecule has 0 aliphatic rings. The number of alkyl halides is 15. The van der Waals surface area contributed by atoms with Gasteiger partial charge >= 0.3 is 38.5 Å². The molecule has 0 N–H and O–H groups in total. The molecular weight excluding hydrogens is 479 g/mol. The van der Waals surface area contributed by atoms with E-state index in [0.717, 1.165) is 0 Å². The van der Waals surface area contributed by atoms with Crippen LogP contribution in [0.25, 0.3) is 0 Å². The predicted octanol–water partition coefficient (Wildman–Crippen LogP) is 4.19. The Kier molecular flexibility index (Phi) is 6.16. The molecule has 0 aliphatic carbocycles. The molecule has 0 amide bonds. The summed E-state index contributed by atoms with van der Waals surface area (Å²) in [4.78, 5) is 9.93. The summed E-state index contributed by atoms with van der Waals surface area (Å²) in [6.07, 6.45) is 0. The van der Waals surface area contributed by atoms with Gasteiger partial charge < -0.3 is 9.90 Å². The molecule has 3 atom stereocenters. The molecule has 2 nitrogen and oxygen atoms in total. The smallest absolute Gasteiger partial charge is 0.375 e. The molecule has 17 heteroatoms. The zero-order valence-corrected chi connectivity index (χ0v) is 13.5. The first-order chi connectivity index (χ1) is 10.4. The largest absolute Gasteiger partial charge is 0.544 e. The van der Waals surface area contributed by atoms with Crippen LogP contribution in [0.2, 0.25) is 0 Å². The van der Waals surface area contributed by atoms with Crippen molar-refractivity contribution in [2.24, 2.45) is 0 Å². The molecule has 150 valence electrons. The van der Waals surface area contributed by atoms with Crippen molar-refractivity contribution in [3.05, 3.63) is 0 Å². The van der Waals surface area contributed by atoms with Crippen LogP contribution in [0.5, 0.6) is 0 Å². The van der Waals surface area contributed by atoms with E-state index in [9.17, 15) is 58.2 Å². The van der Waals surface area contributed by atoms with Gasteiger partial charge in [-0.25, -0.2) is 13.2 Å². The third-order valence-corrected chi connectivity index (χ3v) is 4.37. The monoisotopic (exact) mass is 477 g/mol. The van der Waals surface area contributed by atoms with Crippen molar-refractivity contribution < 1.29 is 58.2 Å². The first-order valence-corrected chi connectivity index (χ1v) is 6.50. The second-order valence-corrected chi connectivity index (χ2v) is 6.27. The molecule has 0 rings (SSSR count). The van der Waals surface area contributed by atoms with E-state index in [2.05, 4.69) is 46.4 Å². The number of hydrogen-bond acceptors (Lipinski definition) is 2. The maximum Gasteiger partial charge on any atom is 0.375 e. The molecular formula is C8Cl4F11O2-. The van der Waals surface area contributed by atoms with Gasteiger partial charge in [0.15, 0.2) is 0 Å². The number of carbonyl (C=O) groups excluding carboxylic acids is 1. The van der Waals surface area contributed by atoms with Gasteiger partial charge in [-0.3, -0.25) is 0 Å². The molecule has 0 spiro atoms. The van der Waals surface area contributed by atoms with Crippen LogP contribution in [0.4, 0.5) is 48.3 Å². The molecule has 0 saturated heterocycles. The lowest BCUT2D eigenvalue weighted by Gasteiger charge is -2.44. The number of carbonyl (C=O) groups is 1. The van der Waals surface area contributed by atoms with Crippen LogP contribution in [-0.4, -0.2) is 44.5 Å². The van der Waals surface area contributed by atoms with Crippen molar-refractivity contribution in [2.45, 2.75) is 38.5 Å². The molecule has 0 radical (unpaired) electrons. The van der Waals surface area contributed by atoms with Gasteiger partial charge in [0, 0.05) is 0 Å². The first-order valence-electron chi connectivity index (χ1n) is 4.99. The van der Waals surface area contributed by atoms with Gasteiger partial charge in [-0.05, 0) is 11.6 Å². The minimum atomic E-state index is -7.27. The predicted molar refractivity (Wildman–Crippen MR) is 59.7 cm³/mol. The number of rotatable bonds is 7. The SMILES string of the molecule is O=C([O-])C(F)(F)C(F)(Cl)C(F)(F)C(F)(Cl)C(F)(F)C(F)(Cl)C(F)(F)Cl. The molecule has 25 heavy (non-hydrogen) atoms. The van der Waals surface area contributed by atoms with E-state index < -0.39 is 44.5 Å². The second-order valence-electron chi connectivity index (χ2n) is 4.23. The highest BCUT2D eigenvalue weighted by Gasteiger charge is 2.89. The molecule has 0 aromatic carbocycles. The van der Waals surface area contributed by atoms with Crippen LogP contribution in [0.1, 0.15) is 0 Å². The average Bonchev–Trinajstić information content (AvgIpc) is 2.35. The summed E-state index contributed by atoms with van der Waals surface area (Å²) in [5.41, 5.74) is 0. The summed E-state index contributed by atoms with van der Waals surface area (Å²) in [7, 11) is 0. The lowest BCUT2D eigenvalue weighted by molar-refractivity contribution is -0.354. The normalized spacial score (nSPS) is 21.9. The Morgan fingerprint density at radius 2 is 0.880 bits per heavy atom. The van der Waals surface area contributed by atoms with Crippen molar-refractivity contribution >= 4 is 52.4 Å². The maximum absolute atomic E-state index is 13.6. The Hall–Kier alpha value is -0.140. The van der Waals surface area contributed by atoms with Gasteiger partial charge in [0.2, 0.25) is 0 Å². The third-order valence-electron chi connectivity index (χ3n) is 2.58. The highest BCUT2D eigenvalue weighted by Crippen LogP contribution is 2.64. The lowest BCUT2D eigenvalue weighted by atomic mass is 9.94. The van der Waals surface area contributed by atoms with E-state index in [0.29, 0.717) is 0 Å². The number of carboxylic acids is 1. The fourth-order valence-electron chi connectivity index (χ4n) is 1.09. The van der Waals surface area contributed by atoms with Crippen molar-refractivity contribution in [2.75, 3.05) is 0 Å². The summed E-state index contributed by atoms with van der Waals surface area (Å²) in [6, 6.07) is 0. The van der Waals surface area contributed by atoms with Gasteiger partial charge in [-0.15, -0.1) is 0 Å². The van der Waals surface area contributed by atoms with E-state index in [-0.39, 0.29) is 0 Å². The van der Waals surface area contributed by atoms with E-state index in [1.807, 2.05) is 0 Å². The van der Waals surface area contributed by atoms with E-state index in [4.69, 9.17) is 0 Å². The summed E-state index contributed by atoms with van der Waals surface area (Å²) in [5.74, 6) is -25.1. The van der Waals surface area contributed by atoms with Crippen molar-refractivity contribution in [1.82, 2.24) is 0 Å². The maximum atomic E-state index is 13.6. The Bertz CT molecular complexity index is 543. The highest BCUT2D eigenvalue weighted by atomic mass is 35.5. The van der Waals surface area contributed by atoms with Crippen LogP contribution in [0, 0.1) is 0 Å². The molecule has 0 heterocycles. The zero-order chi connectivity index (χ0) is 21.1. The summed E-state index contributed by atoms with van der Waals surface area (Å²) >= 11 is 15.3. The Morgan fingerprint density at radius 3 is 1.12 bits per heavy atom. The first kappa shape index (κ1) is 24.9. The number of halogens is 15. The zero-order valence-electron chi connectivity index (χ0n) is 10.5. The standard InChI is InChI=1S/C8HCl4F11O2/c9-3(15,2(13,14)1(24)25)6(18,19)4(10,16)7(20,21)5(11,17)8(12,22)23/h(H,24,25)/p-1. The van der Waals surface area contributed by atoms with Gasteiger partial charge in [-0.1, -0.05) is 34.8 Å².